The molecule has 1 aliphatic heterocycles. The largest absolute Gasteiger partial charge is 0.378 e. The summed E-state index contributed by atoms with van der Waals surface area (Å²) in [5, 5.41) is 2.89. The van der Waals surface area contributed by atoms with Gasteiger partial charge in [0.25, 0.3) is 0 Å². The van der Waals surface area contributed by atoms with E-state index in [1.54, 1.807) is 18.7 Å². The van der Waals surface area contributed by atoms with Crippen LogP contribution in [0.3, 0.4) is 0 Å². The summed E-state index contributed by atoms with van der Waals surface area (Å²) in [4.78, 5) is 26.9. The Kier molecular flexibility index (Phi) is 4.86. The van der Waals surface area contributed by atoms with Gasteiger partial charge in [-0.3, -0.25) is 9.59 Å². The Bertz CT molecular complexity index is 575. The maximum atomic E-state index is 12.6. The number of hydrogen-bond acceptors (Lipinski definition) is 3. The van der Waals surface area contributed by atoms with Gasteiger partial charge in [0, 0.05) is 18.8 Å². The van der Waals surface area contributed by atoms with Crippen LogP contribution in [0.25, 0.3) is 0 Å². The molecule has 1 N–H and O–H groups in total. The maximum Gasteiger partial charge on any atom is 0.239 e. The number of benzene rings is 1. The van der Waals surface area contributed by atoms with Crippen molar-refractivity contribution >= 4 is 17.5 Å². The highest BCUT2D eigenvalue weighted by atomic mass is 16.5. The van der Waals surface area contributed by atoms with Crippen LogP contribution >= 0.6 is 0 Å². The first-order valence-electron chi connectivity index (χ1n) is 7.58. The van der Waals surface area contributed by atoms with Gasteiger partial charge in [0.2, 0.25) is 11.8 Å². The first-order chi connectivity index (χ1) is 10.3. The normalized spacial score (nSPS) is 15.5. The van der Waals surface area contributed by atoms with Crippen molar-refractivity contribution in [3.63, 3.8) is 0 Å². The minimum atomic E-state index is -1.10. The average molecular weight is 304 g/mol. The van der Waals surface area contributed by atoms with Crippen LogP contribution in [0.1, 0.15) is 25.0 Å². The molecule has 0 atom stereocenters. The van der Waals surface area contributed by atoms with Gasteiger partial charge >= 0.3 is 0 Å². The monoisotopic (exact) mass is 304 g/mol. The van der Waals surface area contributed by atoms with Gasteiger partial charge in [-0.15, -0.1) is 0 Å². The predicted octanol–water partition coefficient (Wildman–Crippen LogP) is 2.13. The molecule has 0 spiro atoms. The summed E-state index contributed by atoms with van der Waals surface area (Å²) in [6.45, 7) is 9.39. The van der Waals surface area contributed by atoms with Crippen molar-refractivity contribution in [3.05, 3.63) is 29.3 Å². The number of amides is 2. The van der Waals surface area contributed by atoms with Crippen molar-refractivity contribution in [1.29, 1.82) is 0 Å². The summed E-state index contributed by atoms with van der Waals surface area (Å²) in [6.07, 6.45) is 0. The number of nitrogens with zero attached hydrogens (tertiary/aromatic N) is 1. The maximum absolute atomic E-state index is 12.6. The molecular weight excluding hydrogens is 280 g/mol. The number of anilines is 1. The summed E-state index contributed by atoms with van der Waals surface area (Å²) < 4.78 is 5.25. The summed E-state index contributed by atoms with van der Waals surface area (Å²) in [7, 11) is 0. The van der Waals surface area contributed by atoms with Crippen molar-refractivity contribution in [2.24, 2.45) is 5.41 Å². The van der Waals surface area contributed by atoms with Gasteiger partial charge < -0.3 is 15.0 Å². The van der Waals surface area contributed by atoms with E-state index in [0.29, 0.717) is 26.3 Å². The molecule has 22 heavy (non-hydrogen) atoms. The lowest BCUT2D eigenvalue weighted by atomic mass is 9.89. The summed E-state index contributed by atoms with van der Waals surface area (Å²) in [5.41, 5.74) is 1.70. The van der Waals surface area contributed by atoms with E-state index in [1.807, 2.05) is 32.0 Å². The zero-order chi connectivity index (χ0) is 16.3. The van der Waals surface area contributed by atoms with Crippen LogP contribution in [0, 0.1) is 19.3 Å². The van der Waals surface area contributed by atoms with E-state index >= 15 is 0 Å². The molecule has 1 aliphatic rings. The van der Waals surface area contributed by atoms with Crippen molar-refractivity contribution in [3.8, 4) is 0 Å². The molecule has 0 radical (unpaired) electrons. The third-order valence-electron chi connectivity index (χ3n) is 4.04. The zero-order valence-electron chi connectivity index (χ0n) is 13.7. The van der Waals surface area contributed by atoms with Crippen LogP contribution in [0.15, 0.2) is 18.2 Å². The second-order valence-corrected chi connectivity index (χ2v) is 6.30. The molecule has 0 aromatic heterocycles. The third-order valence-corrected chi connectivity index (χ3v) is 4.04. The molecular formula is C17H24N2O3. The first-order valence-corrected chi connectivity index (χ1v) is 7.58. The lowest BCUT2D eigenvalue weighted by Crippen LogP contribution is -2.51. The minimum Gasteiger partial charge on any atom is -0.378 e. The van der Waals surface area contributed by atoms with Gasteiger partial charge in [-0.25, -0.2) is 0 Å². The highest BCUT2D eigenvalue weighted by Crippen LogP contribution is 2.24. The Morgan fingerprint density at radius 3 is 2.45 bits per heavy atom. The van der Waals surface area contributed by atoms with E-state index in [-0.39, 0.29) is 11.8 Å². The number of hydrogen-bond donors (Lipinski definition) is 1. The Morgan fingerprint density at radius 2 is 1.82 bits per heavy atom. The number of carbonyl (C=O) groups is 2. The van der Waals surface area contributed by atoms with Gasteiger partial charge in [0.15, 0.2) is 0 Å². The van der Waals surface area contributed by atoms with Crippen LogP contribution in [0.4, 0.5) is 5.69 Å². The molecule has 2 amide bonds. The van der Waals surface area contributed by atoms with E-state index < -0.39 is 5.41 Å². The highest BCUT2D eigenvalue weighted by Gasteiger charge is 2.39. The molecule has 1 saturated heterocycles. The predicted molar refractivity (Wildman–Crippen MR) is 85.7 cm³/mol. The second kappa shape index (κ2) is 6.48. The molecule has 0 bridgehead atoms. The van der Waals surface area contributed by atoms with Crippen molar-refractivity contribution in [1.82, 2.24) is 4.90 Å². The van der Waals surface area contributed by atoms with Crippen LogP contribution in [0.5, 0.6) is 0 Å². The highest BCUT2D eigenvalue weighted by molar-refractivity contribution is 6.10. The molecule has 0 saturated carbocycles. The Morgan fingerprint density at radius 1 is 1.18 bits per heavy atom. The summed E-state index contributed by atoms with van der Waals surface area (Å²) >= 11 is 0. The molecule has 120 valence electrons. The van der Waals surface area contributed by atoms with E-state index in [9.17, 15) is 9.59 Å². The van der Waals surface area contributed by atoms with Gasteiger partial charge in [0.05, 0.1) is 13.2 Å². The summed E-state index contributed by atoms with van der Waals surface area (Å²) in [5.74, 6) is -0.434. The molecule has 1 aromatic rings. The zero-order valence-corrected chi connectivity index (χ0v) is 13.7. The molecule has 0 aliphatic carbocycles. The standard InChI is InChI=1S/C17H24N2O3/c1-12-5-6-13(2)14(11-12)18-15(20)17(3,4)16(21)19-7-9-22-10-8-19/h5-6,11H,7-10H2,1-4H3,(H,18,20). The van der Waals surface area contributed by atoms with Gasteiger partial charge in [0.1, 0.15) is 5.41 Å². The van der Waals surface area contributed by atoms with Gasteiger partial charge in [-0.2, -0.15) is 0 Å². The minimum absolute atomic E-state index is 0.154. The number of ether oxygens (including phenoxy) is 1. The number of morpholine rings is 1. The SMILES string of the molecule is Cc1ccc(C)c(NC(=O)C(C)(C)C(=O)N2CCOCC2)c1. The van der Waals surface area contributed by atoms with Crippen molar-refractivity contribution < 1.29 is 14.3 Å². The van der Waals surface area contributed by atoms with Crippen molar-refractivity contribution in [2.45, 2.75) is 27.7 Å². The Balaban J connectivity index is 2.12. The number of rotatable bonds is 3. The fourth-order valence-corrected chi connectivity index (χ4v) is 2.41. The molecule has 2 rings (SSSR count). The molecule has 0 unspecified atom stereocenters. The van der Waals surface area contributed by atoms with Crippen molar-refractivity contribution in [2.75, 3.05) is 31.6 Å². The van der Waals surface area contributed by atoms with Crippen LogP contribution in [-0.4, -0.2) is 43.0 Å². The molecule has 1 aromatic carbocycles. The quantitative estimate of drug-likeness (QED) is 0.870. The van der Waals surface area contributed by atoms with E-state index in [1.165, 1.54) is 0 Å². The Hall–Kier alpha value is -1.88. The number of nitrogens with one attached hydrogen (secondary N) is 1. The van der Waals surface area contributed by atoms with Crippen LogP contribution in [0.2, 0.25) is 0 Å². The topological polar surface area (TPSA) is 58.6 Å². The van der Waals surface area contributed by atoms with Gasteiger partial charge in [-0.05, 0) is 44.9 Å². The molecule has 1 heterocycles. The third kappa shape index (κ3) is 3.47. The van der Waals surface area contributed by atoms with E-state index in [4.69, 9.17) is 4.74 Å². The molecule has 5 nitrogen and oxygen atoms in total. The van der Waals surface area contributed by atoms with E-state index in [0.717, 1.165) is 16.8 Å². The number of aryl methyl sites for hydroxylation is 2. The number of carbonyl (C=O) groups excluding carboxylic acids is 2. The fraction of sp³-hybridized carbons (Fsp3) is 0.529. The summed E-state index contributed by atoms with van der Waals surface area (Å²) in [6, 6.07) is 5.87. The smallest absolute Gasteiger partial charge is 0.239 e. The lowest BCUT2D eigenvalue weighted by molar-refractivity contribution is -0.149. The average Bonchev–Trinajstić information content (AvgIpc) is 2.51. The van der Waals surface area contributed by atoms with Gasteiger partial charge in [-0.1, -0.05) is 12.1 Å². The van der Waals surface area contributed by atoms with Crippen LogP contribution < -0.4 is 5.32 Å². The fourth-order valence-electron chi connectivity index (χ4n) is 2.41. The van der Waals surface area contributed by atoms with Crippen LogP contribution in [-0.2, 0) is 14.3 Å². The lowest BCUT2D eigenvalue weighted by Gasteiger charge is -2.33. The second-order valence-electron chi connectivity index (χ2n) is 6.30. The molecule has 5 heteroatoms. The first kappa shape index (κ1) is 16.5. The Labute approximate surface area is 131 Å². The van der Waals surface area contributed by atoms with E-state index in [2.05, 4.69) is 5.32 Å². The molecule has 1 fully saturated rings.